The number of piperidine rings is 1. The fraction of sp³-hybridized carbons (Fsp3) is 0.520. The van der Waals surface area contributed by atoms with Crippen molar-refractivity contribution < 1.29 is 23.1 Å². The number of rotatable bonds is 7. The van der Waals surface area contributed by atoms with Crippen LogP contribution >= 0.6 is 0 Å². The lowest BCUT2D eigenvalue weighted by Gasteiger charge is -2.46. The Morgan fingerprint density at radius 1 is 1.17 bits per heavy atom. The molecule has 35 heavy (non-hydrogen) atoms. The smallest absolute Gasteiger partial charge is 0.416 e. The number of aromatic nitrogens is 2. The first-order chi connectivity index (χ1) is 16.5. The Kier molecular flexibility index (Phi) is 6.86. The summed E-state index contributed by atoms with van der Waals surface area (Å²) in [5.74, 6) is -0.484. The molecular formula is C25H32F3N5O2. The number of hydrogen-bond acceptors (Lipinski definition) is 5. The molecule has 0 spiro atoms. The van der Waals surface area contributed by atoms with Crippen molar-refractivity contribution in [1.82, 2.24) is 19.6 Å². The van der Waals surface area contributed by atoms with Crippen LogP contribution in [0.15, 0.2) is 37.0 Å². The maximum atomic E-state index is 13.6. The number of benzene rings is 1. The van der Waals surface area contributed by atoms with Gasteiger partial charge in [-0.05, 0) is 69.5 Å². The molecule has 2 fully saturated rings. The Balaban J connectivity index is 1.44. The lowest BCUT2D eigenvalue weighted by molar-refractivity contribution is -0.137. The quantitative estimate of drug-likeness (QED) is 0.610. The van der Waals surface area contributed by atoms with Crippen molar-refractivity contribution in [1.29, 1.82) is 0 Å². The number of carbonyl (C=O) groups is 1. The topological polar surface area (TPSA) is 64.8 Å². The molecule has 2 aliphatic rings. The predicted molar refractivity (Wildman–Crippen MR) is 128 cm³/mol. The van der Waals surface area contributed by atoms with Gasteiger partial charge in [-0.2, -0.15) is 18.3 Å². The Morgan fingerprint density at radius 2 is 1.83 bits per heavy atom. The number of likely N-dealkylation sites (tertiary alicyclic amines) is 1. The van der Waals surface area contributed by atoms with Gasteiger partial charge >= 0.3 is 12.1 Å². The number of nitrogens with zero attached hydrogens (tertiary/aromatic N) is 5. The number of carboxylic acids is 1. The monoisotopic (exact) mass is 491 g/mol. The number of aromatic carboxylic acids is 1. The fourth-order valence-electron chi connectivity index (χ4n) is 4.91. The summed E-state index contributed by atoms with van der Waals surface area (Å²) in [6, 6.07) is 5.87. The average Bonchev–Trinajstić information content (AvgIpc) is 3.51. The van der Waals surface area contributed by atoms with Gasteiger partial charge in [0.15, 0.2) is 5.69 Å². The van der Waals surface area contributed by atoms with Crippen molar-refractivity contribution in [2.45, 2.75) is 50.9 Å². The van der Waals surface area contributed by atoms with E-state index in [-0.39, 0.29) is 11.2 Å². The predicted octanol–water partition coefficient (Wildman–Crippen LogP) is 4.62. The van der Waals surface area contributed by atoms with Gasteiger partial charge in [-0.15, -0.1) is 0 Å². The van der Waals surface area contributed by atoms with Gasteiger partial charge in [-0.25, -0.2) is 9.48 Å². The van der Waals surface area contributed by atoms with Crippen LogP contribution in [0.3, 0.4) is 0 Å². The van der Waals surface area contributed by atoms with E-state index in [1.807, 2.05) is 18.0 Å². The number of hydrogen-bond donors (Lipinski definition) is 1. The lowest BCUT2D eigenvalue weighted by atomic mass is 9.87. The summed E-state index contributed by atoms with van der Waals surface area (Å²) in [6.45, 7) is 9.58. The van der Waals surface area contributed by atoms with Crippen molar-refractivity contribution in [2.75, 3.05) is 38.1 Å². The first kappa shape index (κ1) is 25.1. The van der Waals surface area contributed by atoms with E-state index in [0.717, 1.165) is 38.8 Å². The van der Waals surface area contributed by atoms with E-state index >= 15 is 0 Å². The maximum Gasteiger partial charge on any atom is 0.416 e. The summed E-state index contributed by atoms with van der Waals surface area (Å²) in [4.78, 5) is 17.3. The van der Waals surface area contributed by atoms with Crippen molar-refractivity contribution >= 4 is 17.5 Å². The molecule has 7 nitrogen and oxygen atoms in total. The van der Waals surface area contributed by atoms with Gasteiger partial charge in [-0.1, -0.05) is 6.58 Å². The highest BCUT2D eigenvalue weighted by Crippen LogP contribution is 2.36. The molecule has 1 aromatic heterocycles. The van der Waals surface area contributed by atoms with Crippen LogP contribution in [0.1, 0.15) is 54.2 Å². The third-order valence-corrected chi connectivity index (χ3v) is 7.40. The Morgan fingerprint density at radius 3 is 2.40 bits per heavy atom. The molecule has 4 rings (SSSR count). The summed E-state index contributed by atoms with van der Waals surface area (Å²) in [6.07, 6.45) is 0.771. The van der Waals surface area contributed by atoms with Gasteiger partial charge in [0.2, 0.25) is 0 Å². The largest absolute Gasteiger partial charge is 0.476 e. The normalized spacial score (nSPS) is 18.3. The molecule has 0 unspecified atom stereocenters. The summed E-state index contributed by atoms with van der Waals surface area (Å²) >= 11 is 0. The molecule has 0 saturated carbocycles. The molecule has 0 aliphatic carbocycles. The van der Waals surface area contributed by atoms with Gasteiger partial charge in [-0.3, -0.25) is 4.90 Å². The molecule has 0 amide bonds. The molecule has 0 radical (unpaired) electrons. The number of halogens is 3. The zero-order chi connectivity index (χ0) is 25.4. The molecule has 1 N–H and O–H groups in total. The van der Waals surface area contributed by atoms with E-state index in [9.17, 15) is 18.0 Å². The molecule has 190 valence electrons. The van der Waals surface area contributed by atoms with Crippen LogP contribution < -0.4 is 4.90 Å². The molecule has 0 atom stereocenters. The number of carboxylic acid groups (broad SMARTS) is 1. The highest BCUT2D eigenvalue weighted by Gasteiger charge is 2.36. The molecular weight excluding hydrogens is 459 g/mol. The van der Waals surface area contributed by atoms with Crippen LogP contribution in [-0.4, -0.2) is 69.4 Å². The summed E-state index contributed by atoms with van der Waals surface area (Å²) in [7, 11) is 1.97. The molecule has 2 aliphatic heterocycles. The van der Waals surface area contributed by atoms with Crippen LogP contribution in [0.25, 0.3) is 5.82 Å². The first-order valence-corrected chi connectivity index (χ1v) is 11.9. The van der Waals surface area contributed by atoms with Gasteiger partial charge in [0.1, 0.15) is 5.82 Å². The van der Waals surface area contributed by atoms with Gasteiger partial charge in [0, 0.05) is 50.1 Å². The fourth-order valence-corrected chi connectivity index (χ4v) is 4.91. The van der Waals surface area contributed by atoms with E-state index in [0.29, 0.717) is 36.7 Å². The first-order valence-electron chi connectivity index (χ1n) is 11.9. The van der Waals surface area contributed by atoms with Crippen LogP contribution in [-0.2, 0) is 12.7 Å². The molecule has 0 bridgehead atoms. The van der Waals surface area contributed by atoms with Gasteiger partial charge in [0.25, 0.3) is 0 Å². The second kappa shape index (κ2) is 9.56. The summed E-state index contributed by atoms with van der Waals surface area (Å²) in [5.41, 5.74) is 0.477. The van der Waals surface area contributed by atoms with E-state index < -0.39 is 17.7 Å². The minimum atomic E-state index is -4.38. The van der Waals surface area contributed by atoms with Crippen molar-refractivity contribution in [3.05, 3.63) is 53.9 Å². The second-order valence-electron chi connectivity index (χ2n) is 9.79. The van der Waals surface area contributed by atoms with E-state index in [2.05, 4.69) is 28.4 Å². The molecule has 3 heterocycles. The highest BCUT2D eigenvalue weighted by molar-refractivity contribution is 5.85. The minimum Gasteiger partial charge on any atom is -0.476 e. The van der Waals surface area contributed by atoms with Crippen LogP contribution in [0.5, 0.6) is 0 Å². The van der Waals surface area contributed by atoms with E-state index in [1.165, 1.54) is 22.9 Å². The third-order valence-electron chi connectivity index (χ3n) is 7.40. The maximum absolute atomic E-state index is 13.6. The zero-order valence-corrected chi connectivity index (χ0v) is 20.2. The van der Waals surface area contributed by atoms with Crippen LogP contribution in [0, 0.1) is 0 Å². The number of alkyl halides is 3. The summed E-state index contributed by atoms with van der Waals surface area (Å²) in [5, 5.41) is 13.1. The van der Waals surface area contributed by atoms with E-state index in [4.69, 9.17) is 5.11 Å². The molecule has 2 saturated heterocycles. The highest BCUT2D eigenvalue weighted by atomic mass is 19.4. The summed E-state index contributed by atoms with van der Waals surface area (Å²) < 4.78 is 42.3. The standard InChI is InChI=1S/C25H32F3N5O2/c1-18(33-11-6-22(29-33)23(34)35)31-12-7-24(2,8-13-31)30(3)17-19-14-20(25(26,27)28)16-21(15-19)32-9-4-5-10-32/h6,11,14-16H,1,4-5,7-10,12-13,17H2,2-3H3,(H,34,35). The van der Waals surface area contributed by atoms with Crippen molar-refractivity contribution in [2.24, 2.45) is 0 Å². The van der Waals surface area contributed by atoms with Crippen LogP contribution in [0.4, 0.5) is 18.9 Å². The Labute approximate surface area is 203 Å². The van der Waals surface area contributed by atoms with Gasteiger partial charge in [0.05, 0.1) is 5.56 Å². The average molecular weight is 492 g/mol. The number of anilines is 1. The Bertz CT molecular complexity index is 1080. The third kappa shape index (κ3) is 5.47. The van der Waals surface area contributed by atoms with Crippen molar-refractivity contribution in [3.63, 3.8) is 0 Å². The van der Waals surface area contributed by atoms with Crippen LogP contribution in [0.2, 0.25) is 0 Å². The SMILES string of the molecule is C=C(N1CCC(C)(N(C)Cc2cc(N3CCCC3)cc(C(F)(F)F)c2)CC1)n1ccc(C(=O)O)n1. The Hall–Kier alpha value is -3.01. The van der Waals surface area contributed by atoms with Gasteiger partial charge < -0.3 is 14.9 Å². The molecule has 1 aromatic carbocycles. The molecule has 10 heteroatoms. The van der Waals surface area contributed by atoms with E-state index in [1.54, 1.807) is 6.20 Å². The molecule has 2 aromatic rings. The second-order valence-corrected chi connectivity index (χ2v) is 9.79. The zero-order valence-electron chi connectivity index (χ0n) is 20.2. The lowest BCUT2D eigenvalue weighted by Crippen LogP contribution is -2.51. The minimum absolute atomic E-state index is 0.0397. The van der Waals surface area contributed by atoms with Crippen molar-refractivity contribution in [3.8, 4) is 0 Å².